The molecule has 1 heterocycles. The zero-order valence-corrected chi connectivity index (χ0v) is 15.3. The van der Waals surface area contributed by atoms with Gasteiger partial charge in [0.05, 0.1) is 12.8 Å². The molecule has 0 unspecified atom stereocenters. The highest BCUT2D eigenvalue weighted by Gasteiger charge is 2.38. The summed E-state index contributed by atoms with van der Waals surface area (Å²) in [6.07, 6.45) is 19.0. The fourth-order valence-electron chi connectivity index (χ4n) is 3.02. The molecule has 1 N–H and O–H groups in total. The third-order valence-electron chi connectivity index (χ3n) is 4.52. The van der Waals surface area contributed by atoms with Gasteiger partial charge in [0.2, 0.25) is 0 Å². The molecule has 1 aliphatic heterocycles. The molecule has 0 spiro atoms. The van der Waals surface area contributed by atoms with Crippen molar-refractivity contribution >= 4 is 17.7 Å². The van der Waals surface area contributed by atoms with Gasteiger partial charge in [-0.05, 0) is 12.8 Å². The number of rotatable bonds is 13. The number of aliphatic hydroxyl groups is 1. The van der Waals surface area contributed by atoms with Crippen LogP contribution in [-0.2, 0) is 9.59 Å². The van der Waals surface area contributed by atoms with Crippen LogP contribution in [0.3, 0.4) is 0 Å². The predicted octanol–water partition coefficient (Wildman–Crippen LogP) is 5.06. The first-order valence-electron chi connectivity index (χ1n) is 9.75. The standard InChI is InChI=1S/C20H33NO3/c1-2-3-4-5-6-7-8-9-10-11-12-13-14-15-18(22)21-19(23)16-17-20(21)24/h14-15H,2-13,16-17H2,1H3/p+1/b15-14-. The van der Waals surface area contributed by atoms with Gasteiger partial charge in [-0.25, -0.2) is 9.59 Å². The fraction of sp³-hybridized carbons (Fsp3) is 0.750. The summed E-state index contributed by atoms with van der Waals surface area (Å²) in [5.41, 5.74) is 0. The Bertz CT molecular complexity index is 434. The highest BCUT2D eigenvalue weighted by molar-refractivity contribution is 5.98. The number of allylic oxidation sites excluding steroid dienone is 1. The summed E-state index contributed by atoms with van der Waals surface area (Å²) < 4.78 is 0.886. The van der Waals surface area contributed by atoms with Crippen LogP contribution in [0, 0.1) is 0 Å². The van der Waals surface area contributed by atoms with E-state index in [-0.39, 0.29) is 30.6 Å². The first-order valence-corrected chi connectivity index (χ1v) is 9.75. The number of unbranched alkanes of at least 4 members (excludes halogenated alkanes) is 11. The molecule has 0 atom stereocenters. The maximum atomic E-state index is 11.5. The summed E-state index contributed by atoms with van der Waals surface area (Å²) >= 11 is 0. The number of carbonyl (C=O) groups is 2. The van der Waals surface area contributed by atoms with Crippen molar-refractivity contribution in [2.75, 3.05) is 0 Å². The molecular weight excluding hydrogens is 302 g/mol. The summed E-state index contributed by atoms with van der Waals surface area (Å²) in [7, 11) is 0. The van der Waals surface area contributed by atoms with Crippen molar-refractivity contribution < 1.29 is 19.3 Å². The molecule has 4 nitrogen and oxygen atoms in total. The van der Waals surface area contributed by atoms with Gasteiger partial charge in [-0.2, -0.15) is 0 Å². The van der Waals surface area contributed by atoms with Gasteiger partial charge >= 0.3 is 17.7 Å². The number of hydrogen-bond donors (Lipinski definition) is 1. The number of aliphatic hydroxyl groups excluding tert-OH is 1. The van der Waals surface area contributed by atoms with Crippen molar-refractivity contribution in [1.29, 1.82) is 0 Å². The van der Waals surface area contributed by atoms with Crippen molar-refractivity contribution in [3.63, 3.8) is 0 Å². The molecule has 0 aromatic carbocycles. The molecule has 0 aromatic rings. The first-order chi connectivity index (χ1) is 11.7. The first kappa shape index (κ1) is 20.6. The maximum absolute atomic E-state index is 11.5. The monoisotopic (exact) mass is 336 g/mol. The zero-order valence-electron chi connectivity index (χ0n) is 15.3. The Hall–Kier alpha value is -1.45. The van der Waals surface area contributed by atoms with Gasteiger partial charge in [-0.15, -0.1) is 0 Å². The summed E-state index contributed by atoms with van der Waals surface area (Å²) in [5.74, 6) is -0.848. The van der Waals surface area contributed by atoms with E-state index in [1.165, 1.54) is 70.3 Å². The SMILES string of the molecule is CCCCCCCCCCCCC/C=C\C(O)=[N+]1C(=O)CCC1=O. The largest absolute Gasteiger partial charge is 0.459 e. The summed E-state index contributed by atoms with van der Waals surface area (Å²) in [5, 5.41) is 9.78. The van der Waals surface area contributed by atoms with E-state index < -0.39 is 0 Å². The second-order valence-corrected chi connectivity index (χ2v) is 6.71. The van der Waals surface area contributed by atoms with E-state index in [2.05, 4.69) is 6.92 Å². The van der Waals surface area contributed by atoms with E-state index in [9.17, 15) is 14.7 Å². The van der Waals surface area contributed by atoms with Crippen LogP contribution in [0.1, 0.15) is 96.8 Å². The van der Waals surface area contributed by atoms with Gasteiger partial charge in [-0.3, -0.25) is 0 Å². The summed E-state index contributed by atoms with van der Waals surface area (Å²) in [6, 6.07) is 0. The molecule has 2 amide bonds. The van der Waals surface area contributed by atoms with Gasteiger partial charge in [0.25, 0.3) is 0 Å². The highest BCUT2D eigenvalue weighted by atomic mass is 16.3. The third kappa shape index (κ3) is 8.42. The molecule has 0 aromatic heterocycles. The highest BCUT2D eigenvalue weighted by Crippen LogP contribution is 2.12. The third-order valence-corrected chi connectivity index (χ3v) is 4.52. The normalized spacial score (nSPS) is 15.0. The molecule has 0 aliphatic carbocycles. The van der Waals surface area contributed by atoms with Crippen molar-refractivity contribution in [2.45, 2.75) is 96.8 Å². The van der Waals surface area contributed by atoms with Crippen molar-refractivity contribution in [1.82, 2.24) is 0 Å². The maximum Gasteiger partial charge on any atom is 0.398 e. The number of carbonyl (C=O) groups excluding carboxylic acids is 2. The molecule has 0 radical (unpaired) electrons. The second-order valence-electron chi connectivity index (χ2n) is 6.71. The topological polar surface area (TPSA) is 57.4 Å². The minimum Gasteiger partial charge on any atom is -0.459 e. The summed E-state index contributed by atoms with van der Waals surface area (Å²) in [6.45, 7) is 2.25. The average molecular weight is 336 g/mol. The minimum absolute atomic E-state index is 0.204. The molecule has 0 bridgehead atoms. The lowest BCUT2D eigenvalue weighted by molar-refractivity contribution is -0.379. The molecule has 1 saturated heterocycles. The number of hydrogen-bond acceptors (Lipinski definition) is 2. The van der Waals surface area contributed by atoms with Crippen molar-refractivity contribution in [3.05, 3.63) is 12.2 Å². The fourth-order valence-corrected chi connectivity index (χ4v) is 3.02. The molecule has 1 rings (SSSR count). The van der Waals surface area contributed by atoms with E-state index >= 15 is 0 Å². The molecule has 0 saturated carbocycles. The molecule has 24 heavy (non-hydrogen) atoms. The molecule has 1 aliphatic rings. The Morgan fingerprint density at radius 3 is 1.83 bits per heavy atom. The Balaban J connectivity index is 1.99. The van der Waals surface area contributed by atoms with Crippen LogP contribution in [0.2, 0.25) is 0 Å². The minimum atomic E-state index is -0.308. The van der Waals surface area contributed by atoms with Crippen LogP contribution in [-0.4, -0.2) is 27.4 Å². The van der Waals surface area contributed by atoms with Gasteiger partial charge in [0, 0.05) is 6.08 Å². The van der Waals surface area contributed by atoms with Crippen molar-refractivity contribution in [2.24, 2.45) is 0 Å². The second kappa shape index (κ2) is 12.9. The van der Waals surface area contributed by atoms with E-state index in [0.717, 1.165) is 17.4 Å². The summed E-state index contributed by atoms with van der Waals surface area (Å²) in [4.78, 5) is 22.9. The van der Waals surface area contributed by atoms with Crippen molar-refractivity contribution in [3.8, 4) is 0 Å². The lowest BCUT2D eigenvalue weighted by Gasteiger charge is -2.01. The Morgan fingerprint density at radius 1 is 0.875 bits per heavy atom. The van der Waals surface area contributed by atoms with Gasteiger partial charge < -0.3 is 5.11 Å². The number of imide groups is 1. The zero-order chi connectivity index (χ0) is 17.6. The van der Waals surface area contributed by atoms with Gasteiger partial charge in [-0.1, -0.05) is 81.8 Å². The molecule has 1 fully saturated rings. The number of nitrogens with zero attached hydrogens (tertiary/aromatic N) is 1. The van der Waals surface area contributed by atoms with E-state index in [4.69, 9.17) is 0 Å². The lowest BCUT2D eigenvalue weighted by atomic mass is 10.1. The van der Waals surface area contributed by atoms with Gasteiger partial charge in [0.1, 0.15) is 0 Å². The van der Waals surface area contributed by atoms with Crippen LogP contribution in [0.15, 0.2) is 12.2 Å². The molecular formula is C20H34NO3+. The van der Waals surface area contributed by atoms with Crippen LogP contribution >= 0.6 is 0 Å². The molecule has 4 heteroatoms. The Labute approximate surface area is 146 Å². The predicted molar refractivity (Wildman–Crippen MR) is 97.4 cm³/mol. The smallest absolute Gasteiger partial charge is 0.398 e. The van der Waals surface area contributed by atoms with Crippen LogP contribution in [0.5, 0.6) is 0 Å². The van der Waals surface area contributed by atoms with Crippen LogP contribution < -0.4 is 0 Å². The molecule has 136 valence electrons. The lowest BCUT2D eigenvalue weighted by Crippen LogP contribution is -2.24. The van der Waals surface area contributed by atoms with Crippen LogP contribution in [0.25, 0.3) is 0 Å². The van der Waals surface area contributed by atoms with E-state index in [0.29, 0.717) is 0 Å². The average Bonchev–Trinajstić information content (AvgIpc) is 2.90. The Kier molecular flexibility index (Phi) is 11.1. The van der Waals surface area contributed by atoms with Crippen LogP contribution in [0.4, 0.5) is 0 Å². The van der Waals surface area contributed by atoms with E-state index in [1.807, 2.05) is 6.08 Å². The quantitative estimate of drug-likeness (QED) is 0.221. The van der Waals surface area contributed by atoms with E-state index in [1.54, 1.807) is 0 Å². The van der Waals surface area contributed by atoms with Gasteiger partial charge in [0.15, 0.2) is 0 Å². The number of amides is 2. The Morgan fingerprint density at radius 2 is 1.33 bits per heavy atom.